The number of unbranched alkanes of at least 4 members (excludes halogenated alkanes) is 1. The molecule has 28 heavy (non-hydrogen) atoms. The largest absolute Gasteiger partial charge is 0.453 e. The van der Waals surface area contributed by atoms with Crippen LogP contribution >= 0.6 is 22.9 Å². The van der Waals surface area contributed by atoms with Gasteiger partial charge in [0.2, 0.25) is 0 Å². The highest BCUT2D eigenvalue weighted by Gasteiger charge is 2.18. The second-order valence-electron chi connectivity index (χ2n) is 6.25. The number of aryl methyl sites for hydroxylation is 1. The van der Waals surface area contributed by atoms with Crippen LogP contribution in [0.15, 0.2) is 42.6 Å². The highest BCUT2D eigenvalue weighted by atomic mass is 35.5. The van der Waals surface area contributed by atoms with Gasteiger partial charge in [-0.05, 0) is 50.5 Å². The molecule has 0 saturated carbocycles. The lowest BCUT2D eigenvalue weighted by Gasteiger charge is -2.13. The predicted molar refractivity (Wildman–Crippen MR) is 111 cm³/mol. The number of rotatable bonds is 8. The third-order valence-corrected chi connectivity index (χ3v) is 5.45. The molecule has 0 aliphatic rings. The Hall–Kier alpha value is -2.51. The molecule has 0 radical (unpaired) electrons. The number of hydrogen-bond donors (Lipinski definition) is 1. The first kappa shape index (κ1) is 20.2. The second kappa shape index (κ2) is 9.61. The molecule has 0 aliphatic carbocycles. The Morgan fingerprint density at radius 1 is 1.21 bits per heavy atom. The van der Waals surface area contributed by atoms with Gasteiger partial charge in [-0.3, -0.25) is 9.59 Å². The molecule has 0 bridgehead atoms. The van der Waals surface area contributed by atoms with Crippen LogP contribution in [0.1, 0.15) is 31.2 Å². The predicted octanol–water partition coefficient (Wildman–Crippen LogP) is 4.63. The lowest BCUT2D eigenvalue weighted by Crippen LogP contribution is -2.30. The number of fused-ring (bicyclic) bond motifs is 1. The number of anilines is 1. The van der Waals surface area contributed by atoms with E-state index in [4.69, 9.17) is 16.3 Å². The molecule has 0 unspecified atom stereocenters. The Morgan fingerprint density at radius 3 is 2.82 bits per heavy atom. The fourth-order valence-corrected chi connectivity index (χ4v) is 3.77. The summed E-state index contributed by atoms with van der Waals surface area (Å²) in [5, 5.41) is 3.85. The maximum absolute atomic E-state index is 12.1. The number of esters is 1. The number of carbonyl (C=O) groups excluding carboxylic acids is 2. The average molecular weight is 418 g/mol. The number of aromatic nitrogens is 2. The third-order valence-electron chi connectivity index (χ3n) is 4.05. The van der Waals surface area contributed by atoms with Gasteiger partial charge < -0.3 is 10.1 Å². The van der Waals surface area contributed by atoms with Crippen molar-refractivity contribution >= 4 is 50.7 Å². The van der Waals surface area contributed by atoms with Crippen LogP contribution in [-0.2, 0) is 20.7 Å². The highest BCUT2D eigenvalue weighted by molar-refractivity contribution is 7.18. The van der Waals surface area contributed by atoms with Crippen molar-refractivity contribution in [1.82, 2.24) is 9.97 Å². The van der Waals surface area contributed by atoms with Gasteiger partial charge in [-0.2, -0.15) is 0 Å². The van der Waals surface area contributed by atoms with Crippen LogP contribution in [0.4, 0.5) is 5.69 Å². The standard InChI is InChI=1S/C20H20ClN3O3S/c1-13(20(26)24-15-8-6-12-22-19(15)21)27-18(25)11-5-4-10-17-23-14-7-2-3-9-16(14)28-17/h2-3,6-9,12-13H,4-5,10-11H2,1H3,(H,24,26)/t13-/m1/s1. The van der Waals surface area contributed by atoms with Crippen LogP contribution in [0.3, 0.4) is 0 Å². The van der Waals surface area contributed by atoms with Crippen LogP contribution in [-0.4, -0.2) is 27.9 Å². The molecule has 2 heterocycles. The normalized spacial score (nSPS) is 11.9. The number of ether oxygens (including phenoxy) is 1. The molecular weight excluding hydrogens is 398 g/mol. The summed E-state index contributed by atoms with van der Waals surface area (Å²) < 4.78 is 6.37. The number of amides is 1. The van der Waals surface area contributed by atoms with E-state index in [1.807, 2.05) is 18.2 Å². The molecule has 1 atom stereocenters. The van der Waals surface area contributed by atoms with E-state index in [2.05, 4.69) is 21.4 Å². The fourth-order valence-electron chi connectivity index (χ4n) is 2.60. The number of carbonyl (C=O) groups is 2. The van der Waals surface area contributed by atoms with Crippen molar-refractivity contribution in [1.29, 1.82) is 0 Å². The number of benzene rings is 1. The van der Waals surface area contributed by atoms with Crippen molar-refractivity contribution in [3.05, 3.63) is 52.8 Å². The average Bonchev–Trinajstić information content (AvgIpc) is 3.10. The molecule has 1 aromatic carbocycles. The van der Waals surface area contributed by atoms with Gasteiger partial charge in [0.05, 0.1) is 20.9 Å². The molecule has 0 saturated heterocycles. The van der Waals surface area contributed by atoms with Crippen LogP contribution in [0, 0.1) is 0 Å². The number of para-hydroxylation sites is 1. The van der Waals surface area contributed by atoms with E-state index in [-0.39, 0.29) is 11.6 Å². The number of hydrogen-bond acceptors (Lipinski definition) is 6. The monoisotopic (exact) mass is 417 g/mol. The number of thiazole rings is 1. The lowest BCUT2D eigenvalue weighted by atomic mass is 10.2. The van der Waals surface area contributed by atoms with Crippen molar-refractivity contribution in [3.8, 4) is 0 Å². The zero-order valence-electron chi connectivity index (χ0n) is 15.4. The topological polar surface area (TPSA) is 81.2 Å². The van der Waals surface area contributed by atoms with Crippen molar-refractivity contribution < 1.29 is 14.3 Å². The molecule has 146 valence electrons. The Labute approximate surface area is 171 Å². The van der Waals surface area contributed by atoms with Gasteiger partial charge in [-0.15, -0.1) is 11.3 Å². The van der Waals surface area contributed by atoms with Gasteiger partial charge in [0, 0.05) is 12.6 Å². The van der Waals surface area contributed by atoms with E-state index >= 15 is 0 Å². The van der Waals surface area contributed by atoms with Crippen LogP contribution < -0.4 is 5.32 Å². The SMILES string of the molecule is C[C@@H](OC(=O)CCCCc1nc2ccccc2s1)C(=O)Nc1cccnc1Cl. The molecule has 8 heteroatoms. The molecule has 3 rings (SSSR count). The van der Waals surface area contributed by atoms with Crippen molar-refractivity contribution in [3.63, 3.8) is 0 Å². The zero-order valence-corrected chi connectivity index (χ0v) is 16.9. The van der Waals surface area contributed by atoms with E-state index in [0.717, 1.165) is 23.4 Å². The highest BCUT2D eigenvalue weighted by Crippen LogP contribution is 2.23. The zero-order chi connectivity index (χ0) is 19.9. The van der Waals surface area contributed by atoms with Gasteiger partial charge >= 0.3 is 5.97 Å². The number of nitrogens with zero attached hydrogens (tertiary/aromatic N) is 2. The molecule has 1 amide bonds. The first-order valence-electron chi connectivity index (χ1n) is 8.98. The maximum atomic E-state index is 12.1. The Morgan fingerprint density at radius 2 is 2.04 bits per heavy atom. The minimum atomic E-state index is -0.909. The molecular formula is C20H20ClN3O3S. The number of halogens is 1. The summed E-state index contributed by atoms with van der Waals surface area (Å²) in [4.78, 5) is 32.6. The Kier molecular flexibility index (Phi) is 6.95. The van der Waals surface area contributed by atoms with E-state index < -0.39 is 18.0 Å². The van der Waals surface area contributed by atoms with E-state index in [1.54, 1.807) is 23.5 Å². The molecule has 0 spiro atoms. The summed E-state index contributed by atoms with van der Waals surface area (Å²) in [5.74, 6) is -0.845. The van der Waals surface area contributed by atoms with Crippen LogP contribution in [0.5, 0.6) is 0 Å². The molecule has 0 fully saturated rings. The van der Waals surface area contributed by atoms with Crippen molar-refractivity contribution in [2.75, 3.05) is 5.32 Å². The first-order valence-corrected chi connectivity index (χ1v) is 10.2. The van der Waals surface area contributed by atoms with Gasteiger partial charge in [-0.1, -0.05) is 23.7 Å². The molecule has 1 N–H and O–H groups in total. The van der Waals surface area contributed by atoms with E-state index in [1.165, 1.54) is 17.8 Å². The molecule has 2 aromatic heterocycles. The van der Waals surface area contributed by atoms with Crippen LogP contribution in [0.25, 0.3) is 10.2 Å². The minimum Gasteiger partial charge on any atom is -0.453 e. The van der Waals surface area contributed by atoms with Gasteiger partial charge in [0.15, 0.2) is 11.3 Å². The number of pyridine rings is 1. The van der Waals surface area contributed by atoms with Crippen LogP contribution in [0.2, 0.25) is 5.15 Å². The molecule has 3 aromatic rings. The Bertz CT molecular complexity index is 943. The summed E-state index contributed by atoms with van der Waals surface area (Å²) in [5.41, 5.74) is 1.39. The smallest absolute Gasteiger partial charge is 0.306 e. The van der Waals surface area contributed by atoms with Crippen molar-refractivity contribution in [2.24, 2.45) is 0 Å². The summed E-state index contributed by atoms with van der Waals surface area (Å²) in [6.07, 6.45) is 3.21. The molecule has 0 aliphatic heterocycles. The lowest BCUT2D eigenvalue weighted by molar-refractivity contribution is -0.153. The molecule has 6 nitrogen and oxygen atoms in total. The summed E-state index contributed by atoms with van der Waals surface area (Å²) in [6, 6.07) is 11.3. The summed E-state index contributed by atoms with van der Waals surface area (Å²) in [6.45, 7) is 1.53. The Balaban J connectivity index is 1.38. The number of nitrogens with one attached hydrogen (secondary N) is 1. The fraction of sp³-hybridized carbons (Fsp3) is 0.300. The van der Waals surface area contributed by atoms with Gasteiger partial charge in [0.25, 0.3) is 5.91 Å². The van der Waals surface area contributed by atoms with E-state index in [9.17, 15) is 9.59 Å². The minimum absolute atomic E-state index is 0.184. The maximum Gasteiger partial charge on any atom is 0.306 e. The third kappa shape index (κ3) is 5.50. The van der Waals surface area contributed by atoms with Gasteiger partial charge in [-0.25, -0.2) is 9.97 Å². The quantitative estimate of drug-likeness (QED) is 0.328. The summed E-state index contributed by atoms with van der Waals surface area (Å²) >= 11 is 7.58. The van der Waals surface area contributed by atoms with E-state index in [0.29, 0.717) is 12.1 Å². The first-order chi connectivity index (χ1) is 13.5. The summed E-state index contributed by atoms with van der Waals surface area (Å²) in [7, 11) is 0. The van der Waals surface area contributed by atoms with Gasteiger partial charge in [0.1, 0.15) is 0 Å². The van der Waals surface area contributed by atoms with Crippen molar-refractivity contribution in [2.45, 2.75) is 38.7 Å². The second-order valence-corrected chi connectivity index (χ2v) is 7.72.